The van der Waals surface area contributed by atoms with Gasteiger partial charge in [0.2, 0.25) is 0 Å². The van der Waals surface area contributed by atoms with Crippen LogP contribution in [-0.2, 0) is 21.2 Å². The molecule has 1 atom stereocenters. The summed E-state index contributed by atoms with van der Waals surface area (Å²) in [7, 11) is -3.45. The van der Waals surface area contributed by atoms with Crippen LogP contribution in [0.15, 0.2) is 29.4 Å². The molecule has 0 N–H and O–H groups in total. The van der Waals surface area contributed by atoms with E-state index in [1.165, 1.54) is 12.1 Å². The minimum Gasteiger partial charge on any atom is -0.370 e. The Morgan fingerprint density at radius 1 is 1.28 bits per heavy atom. The number of sulfone groups is 1. The third kappa shape index (κ3) is 4.22. The number of hydrogen-bond acceptors (Lipinski definition) is 7. The minimum absolute atomic E-state index is 0.0215. The first kappa shape index (κ1) is 19.7. The highest BCUT2D eigenvalue weighted by Gasteiger charge is 2.37. The van der Waals surface area contributed by atoms with Gasteiger partial charge in [-0.15, -0.1) is 5.10 Å². The molecule has 2 saturated heterocycles. The summed E-state index contributed by atoms with van der Waals surface area (Å²) in [6, 6.07) is 3.81. The molecule has 29 heavy (non-hydrogen) atoms. The Hall–Kier alpha value is -2.60. The summed E-state index contributed by atoms with van der Waals surface area (Å²) in [5.41, 5.74) is 0.283. The van der Waals surface area contributed by atoms with Crippen LogP contribution in [0.5, 0.6) is 0 Å². The van der Waals surface area contributed by atoms with Crippen molar-refractivity contribution in [3.05, 3.63) is 35.9 Å². The van der Waals surface area contributed by atoms with Crippen molar-refractivity contribution in [3.8, 4) is 0 Å². The van der Waals surface area contributed by atoms with E-state index in [1.807, 2.05) is 0 Å². The normalized spacial score (nSPS) is 20.1. The fourth-order valence-corrected chi connectivity index (χ4v) is 4.08. The lowest BCUT2D eigenvalue weighted by Gasteiger charge is -2.40. The van der Waals surface area contributed by atoms with E-state index in [4.69, 9.17) is 4.74 Å². The van der Waals surface area contributed by atoms with E-state index in [0.717, 1.165) is 18.7 Å². The summed E-state index contributed by atoms with van der Waals surface area (Å²) in [5.74, 6) is -0.620. The zero-order valence-corrected chi connectivity index (χ0v) is 16.6. The number of benzene rings is 1. The summed E-state index contributed by atoms with van der Waals surface area (Å²) < 4.78 is 44.3. The Bertz CT molecular complexity index is 993. The smallest absolute Gasteiger partial charge is 0.320 e. The highest BCUT2D eigenvalue weighted by molar-refractivity contribution is 7.90. The molecular weight excluding hydrogens is 403 g/mol. The number of rotatable bonds is 5. The van der Waals surface area contributed by atoms with E-state index in [1.54, 1.807) is 20.8 Å². The summed E-state index contributed by atoms with van der Waals surface area (Å²) in [6.45, 7) is 2.10. The Morgan fingerprint density at radius 3 is 2.72 bits per heavy atom. The van der Waals surface area contributed by atoms with E-state index >= 15 is 0 Å². The average molecular weight is 424 g/mol. The predicted octanol–water partition coefficient (Wildman–Crippen LogP) is 0.484. The molecule has 0 saturated carbocycles. The number of carbonyl (C=O) groups is 1. The fourth-order valence-electron chi connectivity index (χ4n) is 3.45. The molecule has 0 bridgehead atoms. The Morgan fingerprint density at radius 2 is 2.07 bits per heavy atom. The van der Waals surface area contributed by atoms with Gasteiger partial charge >= 0.3 is 6.03 Å². The molecule has 2 aromatic rings. The van der Waals surface area contributed by atoms with Crippen LogP contribution in [0, 0.1) is 5.82 Å². The van der Waals surface area contributed by atoms with E-state index in [0.29, 0.717) is 26.2 Å². The van der Waals surface area contributed by atoms with Crippen molar-refractivity contribution < 1.29 is 22.3 Å². The number of nitrogens with zero attached hydrogens (tertiary/aromatic N) is 6. The molecule has 0 unspecified atom stereocenters. The van der Waals surface area contributed by atoms with Crippen LogP contribution in [0.3, 0.4) is 0 Å². The van der Waals surface area contributed by atoms with Gasteiger partial charge in [-0.3, -0.25) is 0 Å². The Kier molecular flexibility index (Phi) is 5.21. The number of tetrazole rings is 1. The van der Waals surface area contributed by atoms with Crippen LogP contribution in [0.25, 0.3) is 0 Å². The van der Waals surface area contributed by atoms with E-state index in [-0.39, 0.29) is 35.2 Å². The second kappa shape index (κ2) is 7.67. The molecule has 3 heterocycles. The molecule has 12 heteroatoms. The van der Waals surface area contributed by atoms with Gasteiger partial charge in [0, 0.05) is 24.9 Å². The molecule has 1 aromatic heterocycles. The summed E-state index contributed by atoms with van der Waals surface area (Å²) in [4.78, 5) is 16.0. The zero-order valence-electron chi connectivity index (χ0n) is 15.8. The second-order valence-corrected chi connectivity index (χ2v) is 9.34. The maximum Gasteiger partial charge on any atom is 0.320 e. The van der Waals surface area contributed by atoms with Crippen LogP contribution in [0.1, 0.15) is 18.0 Å². The fraction of sp³-hybridized carbons (Fsp3) is 0.529. The maximum absolute atomic E-state index is 14.1. The van der Waals surface area contributed by atoms with Crippen molar-refractivity contribution in [2.75, 3.05) is 32.4 Å². The van der Waals surface area contributed by atoms with Crippen molar-refractivity contribution in [1.29, 1.82) is 0 Å². The van der Waals surface area contributed by atoms with Gasteiger partial charge < -0.3 is 14.5 Å². The molecule has 2 amide bonds. The highest BCUT2D eigenvalue weighted by Crippen LogP contribution is 2.24. The molecule has 2 aliphatic rings. The van der Waals surface area contributed by atoms with Gasteiger partial charge in [-0.25, -0.2) is 22.3 Å². The number of likely N-dealkylation sites (tertiary alicyclic amines) is 2. The third-order valence-corrected chi connectivity index (χ3v) is 6.33. The first-order valence-electron chi connectivity index (χ1n) is 9.17. The van der Waals surface area contributed by atoms with Crippen LogP contribution >= 0.6 is 0 Å². The summed E-state index contributed by atoms with van der Waals surface area (Å²) in [5, 5.41) is 11.1. The van der Waals surface area contributed by atoms with E-state index in [2.05, 4.69) is 15.5 Å². The molecular formula is C17H21FN6O4S. The third-order valence-electron chi connectivity index (χ3n) is 5.22. The van der Waals surface area contributed by atoms with Crippen molar-refractivity contribution >= 4 is 15.9 Å². The second-order valence-electron chi connectivity index (χ2n) is 7.32. The van der Waals surface area contributed by atoms with E-state index in [9.17, 15) is 17.6 Å². The van der Waals surface area contributed by atoms with Crippen LogP contribution < -0.4 is 0 Å². The molecule has 0 spiro atoms. The number of halogens is 1. The summed E-state index contributed by atoms with van der Waals surface area (Å²) in [6.07, 6.45) is 3.20. The topological polar surface area (TPSA) is 111 Å². The Balaban J connectivity index is 1.24. The first-order valence-corrected chi connectivity index (χ1v) is 11.1. The first-order chi connectivity index (χ1) is 13.8. The van der Waals surface area contributed by atoms with Gasteiger partial charge in [0.25, 0.3) is 0 Å². The number of ether oxygens (including phenoxy) is 1. The minimum atomic E-state index is -3.45. The highest BCUT2D eigenvalue weighted by atomic mass is 32.2. The Labute approximate surface area is 167 Å². The number of carbonyl (C=O) groups excluding carboxylic acids is 1. The van der Waals surface area contributed by atoms with E-state index < -0.39 is 15.7 Å². The largest absolute Gasteiger partial charge is 0.370 e. The van der Waals surface area contributed by atoms with Gasteiger partial charge in [-0.2, -0.15) is 0 Å². The lowest BCUT2D eigenvalue weighted by atomic mass is 10.1. The lowest BCUT2D eigenvalue weighted by Crippen LogP contribution is -2.58. The molecule has 156 valence electrons. The van der Waals surface area contributed by atoms with Crippen molar-refractivity contribution in [2.24, 2.45) is 0 Å². The number of amides is 2. The monoisotopic (exact) mass is 424 g/mol. The molecule has 0 aliphatic carbocycles. The maximum atomic E-state index is 14.1. The van der Waals surface area contributed by atoms with Crippen LogP contribution in [0.2, 0.25) is 0 Å². The number of aromatic nitrogens is 4. The van der Waals surface area contributed by atoms with Crippen molar-refractivity contribution in [2.45, 2.75) is 30.1 Å². The summed E-state index contributed by atoms with van der Waals surface area (Å²) >= 11 is 0. The standard InChI is InChI=1S/C17H21FN6O4S/c1-29(26,27)15-3-2-12(16(18)6-15)10-28-14-8-23(9-14)17(25)22-5-4-13(7-22)24-11-19-20-21-24/h2-3,6,11,13-14H,4-5,7-10H2,1H3/t13-/m0/s1. The average Bonchev–Trinajstić information content (AvgIpc) is 3.31. The molecule has 10 nitrogen and oxygen atoms in total. The molecule has 4 rings (SSSR count). The van der Waals surface area contributed by atoms with Gasteiger partial charge in [-0.05, 0) is 29.0 Å². The molecule has 2 fully saturated rings. The van der Waals surface area contributed by atoms with Crippen molar-refractivity contribution in [3.63, 3.8) is 0 Å². The van der Waals surface area contributed by atoms with Gasteiger partial charge in [0.1, 0.15) is 12.1 Å². The molecule has 0 radical (unpaired) electrons. The van der Waals surface area contributed by atoms with Crippen LogP contribution in [0.4, 0.5) is 9.18 Å². The molecule has 1 aromatic carbocycles. The molecule has 2 aliphatic heterocycles. The van der Waals surface area contributed by atoms with Gasteiger partial charge in [-0.1, -0.05) is 6.07 Å². The van der Waals surface area contributed by atoms with Crippen molar-refractivity contribution in [1.82, 2.24) is 30.0 Å². The van der Waals surface area contributed by atoms with Crippen LogP contribution in [-0.4, -0.2) is 83.0 Å². The number of hydrogen-bond donors (Lipinski definition) is 0. The predicted molar refractivity (Wildman–Crippen MR) is 98.1 cm³/mol. The van der Waals surface area contributed by atoms with Gasteiger partial charge in [0.15, 0.2) is 9.84 Å². The van der Waals surface area contributed by atoms with Gasteiger partial charge in [0.05, 0.1) is 36.7 Å². The SMILES string of the molecule is CS(=O)(=O)c1ccc(COC2CN(C(=O)N3CC[C@H](n4cnnn4)C3)C2)c(F)c1. The lowest BCUT2D eigenvalue weighted by molar-refractivity contribution is -0.0495. The number of urea groups is 1. The quantitative estimate of drug-likeness (QED) is 0.687. The zero-order chi connectivity index (χ0) is 20.6.